The Kier molecular flexibility index (Phi) is 5.21. The highest BCUT2D eigenvalue weighted by molar-refractivity contribution is 5.88. The molecule has 0 atom stereocenters. The zero-order valence-electron chi connectivity index (χ0n) is 14.5. The summed E-state index contributed by atoms with van der Waals surface area (Å²) in [6, 6.07) is 9.74. The van der Waals surface area contributed by atoms with Crippen molar-refractivity contribution in [3.63, 3.8) is 0 Å². The summed E-state index contributed by atoms with van der Waals surface area (Å²) in [5.41, 5.74) is 2.92. The number of amides is 1. The second-order valence-corrected chi connectivity index (χ2v) is 6.32. The Balaban J connectivity index is 1.63. The Morgan fingerprint density at radius 2 is 2.00 bits per heavy atom. The Labute approximate surface area is 151 Å². The number of carboxylic acid groups (broad SMARTS) is 1. The van der Waals surface area contributed by atoms with Gasteiger partial charge in [0.2, 0.25) is 5.91 Å². The van der Waals surface area contributed by atoms with E-state index >= 15 is 0 Å². The summed E-state index contributed by atoms with van der Waals surface area (Å²) in [5.74, 6) is -1.25. The summed E-state index contributed by atoms with van der Waals surface area (Å²) < 4.78 is 18.6. The van der Waals surface area contributed by atoms with Crippen LogP contribution in [-0.4, -0.2) is 35.5 Å². The lowest BCUT2D eigenvalue weighted by molar-refractivity contribution is -0.132. The maximum atomic E-state index is 13.7. The summed E-state index contributed by atoms with van der Waals surface area (Å²) in [7, 11) is 1.41. The van der Waals surface area contributed by atoms with Crippen LogP contribution in [0.3, 0.4) is 0 Å². The first-order chi connectivity index (χ1) is 12.5. The average Bonchev–Trinajstić information content (AvgIpc) is 2.65. The van der Waals surface area contributed by atoms with Gasteiger partial charge in [0.25, 0.3) is 0 Å². The molecule has 0 spiro atoms. The number of nitrogens with zero attached hydrogens (tertiary/aromatic N) is 1. The number of carbonyl (C=O) groups is 2. The lowest BCUT2D eigenvalue weighted by Crippen LogP contribution is -2.36. The Morgan fingerprint density at radius 1 is 1.19 bits per heavy atom. The van der Waals surface area contributed by atoms with E-state index < -0.39 is 11.8 Å². The van der Waals surface area contributed by atoms with E-state index in [1.54, 1.807) is 29.2 Å². The number of halogens is 1. The lowest BCUT2D eigenvalue weighted by atomic mass is 9.97. The number of fused-ring (bicyclic) bond motifs is 1. The maximum absolute atomic E-state index is 13.7. The number of hydrogen-bond acceptors (Lipinski definition) is 3. The van der Waals surface area contributed by atoms with Crippen LogP contribution >= 0.6 is 0 Å². The van der Waals surface area contributed by atoms with Gasteiger partial charge in [-0.3, -0.25) is 4.79 Å². The summed E-state index contributed by atoms with van der Waals surface area (Å²) >= 11 is 0. The zero-order chi connectivity index (χ0) is 18.7. The van der Waals surface area contributed by atoms with E-state index in [-0.39, 0.29) is 23.6 Å². The van der Waals surface area contributed by atoms with E-state index in [2.05, 4.69) is 0 Å². The third-order valence-electron chi connectivity index (χ3n) is 4.66. The van der Waals surface area contributed by atoms with Crippen LogP contribution in [0.25, 0.3) is 0 Å². The van der Waals surface area contributed by atoms with E-state index in [0.29, 0.717) is 25.9 Å². The van der Waals surface area contributed by atoms with Gasteiger partial charge in [0.1, 0.15) is 0 Å². The van der Waals surface area contributed by atoms with Crippen molar-refractivity contribution in [3.8, 4) is 5.75 Å². The van der Waals surface area contributed by atoms with Gasteiger partial charge in [-0.2, -0.15) is 0 Å². The van der Waals surface area contributed by atoms with Crippen LogP contribution in [0.4, 0.5) is 4.39 Å². The summed E-state index contributed by atoms with van der Waals surface area (Å²) in [6.07, 6.45) is 1.43. The van der Waals surface area contributed by atoms with Crippen molar-refractivity contribution in [1.82, 2.24) is 4.90 Å². The van der Waals surface area contributed by atoms with Crippen molar-refractivity contribution in [2.45, 2.75) is 25.8 Å². The molecule has 3 rings (SSSR count). The van der Waals surface area contributed by atoms with Gasteiger partial charge in [-0.05, 0) is 53.8 Å². The minimum Gasteiger partial charge on any atom is -0.494 e. The van der Waals surface area contributed by atoms with Gasteiger partial charge in [-0.25, -0.2) is 9.18 Å². The van der Waals surface area contributed by atoms with Crippen LogP contribution in [0.5, 0.6) is 5.75 Å². The average molecular weight is 357 g/mol. The summed E-state index contributed by atoms with van der Waals surface area (Å²) in [6.45, 7) is 1.02. The van der Waals surface area contributed by atoms with E-state index in [9.17, 15) is 14.0 Å². The molecule has 0 aromatic heterocycles. The normalized spacial score (nSPS) is 13.2. The first-order valence-corrected chi connectivity index (χ1v) is 8.43. The van der Waals surface area contributed by atoms with Crippen molar-refractivity contribution in [3.05, 3.63) is 64.5 Å². The minimum absolute atomic E-state index is 0.0207. The molecule has 0 saturated heterocycles. The van der Waals surface area contributed by atoms with Crippen LogP contribution in [0.15, 0.2) is 36.4 Å². The fourth-order valence-electron chi connectivity index (χ4n) is 3.18. The van der Waals surface area contributed by atoms with Gasteiger partial charge in [-0.15, -0.1) is 0 Å². The van der Waals surface area contributed by atoms with Gasteiger partial charge in [0, 0.05) is 19.5 Å². The largest absolute Gasteiger partial charge is 0.494 e. The van der Waals surface area contributed by atoms with Crippen molar-refractivity contribution >= 4 is 11.9 Å². The smallest absolute Gasteiger partial charge is 0.335 e. The third-order valence-corrected chi connectivity index (χ3v) is 4.66. The predicted molar refractivity (Wildman–Crippen MR) is 93.8 cm³/mol. The molecule has 5 nitrogen and oxygen atoms in total. The zero-order valence-corrected chi connectivity index (χ0v) is 14.5. The van der Waals surface area contributed by atoms with Crippen molar-refractivity contribution in [2.24, 2.45) is 0 Å². The standard InChI is InChI=1S/C20H20FNO4/c1-26-18-6-2-13(10-17(18)21)3-7-19(23)22-9-8-14-4-5-15(20(24)25)11-16(14)12-22/h2,4-6,10-11H,3,7-9,12H2,1H3,(H,24,25). The number of methoxy groups -OCH3 is 1. The van der Waals surface area contributed by atoms with Gasteiger partial charge >= 0.3 is 5.97 Å². The van der Waals surface area contributed by atoms with Gasteiger partial charge in [0.05, 0.1) is 12.7 Å². The van der Waals surface area contributed by atoms with E-state index in [1.165, 1.54) is 13.2 Å². The number of rotatable bonds is 5. The Bertz CT molecular complexity index is 850. The van der Waals surface area contributed by atoms with E-state index in [0.717, 1.165) is 16.7 Å². The number of carbonyl (C=O) groups excluding carboxylic acids is 1. The summed E-state index contributed by atoms with van der Waals surface area (Å²) in [5, 5.41) is 9.11. The molecule has 1 N–H and O–H groups in total. The van der Waals surface area contributed by atoms with Crippen LogP contribution < -0.4 is 4.74 Å². The molecule has 1 aliphatic heterocycles. The second kappa shape index (κ2) is 7.56. The van der Waals surface area contributed by atoms with Crippen LogP contribution in [0.1, 0.15) is 33.5 Å². The van der Waals surface area contributed by atoms with Crippen LogP contribution in [-0.2, 0) is 24.2 Å². The molecule has 0 saturated carbocycles. The number of carboxylic acids is 1. The van der Waals surface area contributed by atoms with Crippen molar-refractivity contribution in [1.29, 1.82) is 0 Å². The number of benzene rings is 2. The molecule has 1 heterocycles. The Morgan fingerprint density at radius 3 is 2.69 bits per heavy atom. The maximum Gasteiger partial charge on any atom is 0.335 e. The molecule has 1 aliphatic rings. The quantitative estimate of drug-likeness (QED) is 0.893. The second-order valence-electron chi connectivity index (χ2n) is 6.32. The Hall–Kier alpha value is -2.89. The molecule has 6 heteroatoms. The molecule has 0 aliphatic carbocycles. The topological polar surface area (TPSA) is 66.8 Å². The number of hydrogen-bond donors (Lipinski definition) is 1. The van der Waals surface area contributed by atoms with Crippen LogP contribution in [0.2, 0.25) is 0 Å². The highest BCUT2D eigenvalue weighted by atomic mass is 19.1. The molecule has 0 bridgehead atoms. The number of aryl methyl sites for hydroxylation is 1. The van der Waals surface area contributed by atoms with E-state index in [4.69, 9.17) is 9.84 Å². The molecular weight excluding hydrogens is 337 g/mol. The SMILES string of the molecule is COc1ccc(CCC(=O)N2CCc3ccc(C(=O)O)cc3C2)cc1F. The molecular formula is C20H20FNO4. The number of ether oxygens (including phenoxy) is 1. The van der Waals surface area contributed by atoms with Gasteiger partial charge in [-0.1, -0.05) is 12.1 Å². The fourth-order valence-corrected chi connectivity index (χ4v) is 3.18. The van der Waals surface area contributed by atoms with Crippen molar-refractivity contribution in [2.75, 3.05) is 13.7 Å². The molecule has 1 amide bonds. The molecule has 0 unspecified atom stereocenters. The molecule has 26 heavy (non-hydrogen) atoms. The van der Waals surface area contributed by atoms with Crippen LogP contribution in [0, 0.1) is 5.82 Å². The fraction of sp³-hybridized carbons (Fsp3) is 0.300. The highest BCUT2D eigenvalue weighted by Crippen LogP contribution is 2.22. The third kappa shape index (κ3) is 3.85. The van der Waals surface area contributed by atoms with Crippen molar-refractivity contribution < 1.29 is 23.8 Å². The molecule has 0 radical (unpaired) electrons. The highest BCUT2D eigenvalue weighted by Gasteiger charge is 2.21. The molecule has 2 aromatic carbocycles. The first kappa shape index (κ1) is 17.9. The van der Waals surface area contributed by atoms with Gasteiger partial charge in [0.15, 0.2) is 11.6 Å². The minimum atomic E-state index is -0.974. The molecule has 136 valence electrons. The molecule has 0 fully saturated rings. The predicted octanol–water partition coefficient (Wildman–Crippen LogP) is 3.05. The lowest BCUT2D eigenvalue weighted by Gasteiger charge is -2.29. The van der Waals surface area contributed by atoms with E-state index in [1.807, 2.05) is 6.07 Å². The summed E-state index contributed by atoms with van der Waals surface area (Å²) in [4.78, 5) is 25.3. The number of aromatic carboxylic acids is 1. The monoisotopic (exact) mass is 357 g/mol. The van der Waals surface area contributed by atoms with Gasteiger partial charge < -0.3 is 14.7 Å². The first-order valence-electron chi connectivity index (χ1n) is 8.43. The molecule has 2 aromatic rings.